The van der Waals surface area contributed by atoms with Gasteiger partial charge in [-0.1, -0.05) is 23.7 Å². The molecule has 8 heteroatoms. The van der Waals surface area contributed by atoms with Crippen LogP contribution in [0.1, 0.15) is 25.3 Å². The third-order valence-electron chi connectivity index (χ3n) is 5.12. The fraction of sp³-hybridized carbons (Fsp3) is 0.250. The van der Waals surface area contributed by atoms with E-state index in [0.29, 0.717) is 11.6 Å². The molecule has 0 radical (unpaired) electrons. The standard InChI is InChI=1S/C20H16ClFN4O2/c21-13-9-11(5-8-14(13)22)23-18(27)10-17-19(28)25(12-6-7-12)20-24-15-3-1-2-4-16(15)26(17)20/h1-5,8-9,12,17H,6-7,10H2,(H,23,27)/t17-/m0/s1. The van der Waals surface area contributed by atoms with Crippen molar-refractivity contribution in [2.75, 3.05) is 10.2 Å². The van der Waals surface area contributed by atoms with Crippen LogP contribution in [0.3, 0.4) is 0 Å². The summed E-state index contributed by atoms with van der Waals surface area (Å²) in [4.78, 5) is 32.0. The molecule has 3 aromatic rings. The molecular weight excluding hydrogens is 383 g/mol. The van der Waals surface area contributed by atoms with Gasteiger partial charge >= 0.3 is 0 Å². The molecular formula is C20H16ClFN4O2. The number of fused-ring (bicyclic) bond motifs is 3. The molecule has 2 aliphatic rings. The summed E-state index contributed by atoms with van der Waals surface area (Å²) in [7, 11) is 0. The van der Waals surface area contributed by atoms with Crippen LogP contribution < -0.4 is 10.2 Å². The molecule has 0 bridgehead atoms. The normalized spacial score (nSPS) is 18.6. The lowest BCUT2D eigenvalue weighted by atomic mass is 10.1. The van der Waals surface area contributed by atoms with Gasteiger partial charge in [-0.05, 0) is 43.2 Å². The van der Waals surface area contributed by atoms with Gasteiger partial charge in [-0.2, -0.15) is 0 Å². The second kappa shape index (κ2) is 6.31. The summed E-state index contributed by atoms with van der Waals surface area (Å²) in [5.41, 5.74) is 2.01. The number of imidazole rings is 1. The van der Waals surface area contributed by atoms with Crippen molar-refractivity contribution >= 4 is 46.1 Å². The highest BCUT2D eigenvalue weighted by Crippen LogP contribution is 2.42. The van der Waals surface area contributed by atoms with Crippen LogP contribution >= 0.6 is 11.6 Å². The van der Waals surface area contributed by atoms with Gasteiger partial charge < -0.3 is 5.32 Å². The van der Waals surface area contributed by atoms with Gasteiger partial charge in [-0.3, -0.25) is 19.1 Å². The van der Waals surface area contributed by atoms with E-state index < -0.39 is 11.9 Å². The molecule has 0 saturated heterocycles. The second-order valence-corrected chi connectivity index (χ2v) is 7.51. The summed E-state index contributed by atoms with van der Waals surface area (Å²) in [6.07, 6.45) is 1.86. The Bertz CT molecular complexity index is 1120. The van der Waals surface area contributed by atoms with Gasteiger partial charge in [0, 0.05) is 11.7 Å². The largest absolute Gasteiger partial charge is 0.326 e. The number of nitrogens with zero attached hydrogens (tertiary/aromatic N) is 3. The van der Waals surface area contributed by atoms with Crippen molar-refractivity contribution in [2.45, 2.75) is 31.3 Å². The molecule has 2 aromatic carbocycles. The van der Waals surface area contributed by atoms with Gasteiger partial charge in [-0.25, -0.2) is 9.37 Å². The maximum absolute atomic E-state index is 13.3. The van der Waals surface area contributed by atoms with E-state index in [1.165, 1.54) is 18.2 Å². The molecule has 1 saturated carbocycles. The first-order valence-corrected chi connectivity index (χ1v) is 9.45. The highest BCUT2D eigenvalue weighted by atomic mass is 35.5. The van der Waals surface area contributed by atoms with E-state index in [1.807, 2.05) is 28.8 Å². The Hall–Kier alpha value is -2.93. The van der Waals surface area contributed by atoms with E-state index >= 15 is 0 Å². The van der Waals surface area contributed by atoms with Gasteiger partial charge in [0.2, 0.25) is 11.9 Å². The van der Waals surface area contributed by atoms with Crippen LogP contribution in [0.4, 0.5) is 16.0 Å². The number of aromatic nitrogens is 2. The van der Waals surface area contributed by atoms with Crippen molar-refractivity contribution in [3.05, 3.63) is 53.3 Å². The summed E-state index contributed by atoms with van der Waals surface area (Å²) in [6.45, 7) is 0. The first-order chi connectivity index (χ1) is 13.5. The molecule has 2 amide bonds. The maximum Gasteiger partial charge on any atom is 0.253 e. The van der Waals surface area contributed by atoms with Crippen LogP contribution in [0.25, 0.3) is 11.0 Å². The van der Waals surface area contributed by atoms with Gasteiger partial charge in [0.25, 0.3) is 5.91 Å². The summed E-state index contributed by atoms with van der Waals surface area (Å²) in [5, 5.41) is 2.62. The fourth-order valence-electron chi connectivity index (χ4n) is 3.69. The average Bonchev–Trinajstić information content (AvgIpc) is 3.37. The number of hydrogen-bond acceptors (Lipinski definition) is 3. The summed E-state index contributed by atoms with van der Waals surface area (Å²) < 4.78 is 15.2. The zero-order valence-electron chi connectivity index (χ0n) is 14.7. The zero-order chi connectivity index (χ0) is 19.4. The van der Waals surface area contributed by atoms with Crippen LogP contribution in [0.15, 0.2) is 42.5 Å². The lowest BCUT2D eigenvalue weighted by Gasteiger charge is -2.15. The van der Waals surface area contributed by atoms with Gasteiger partial charge in [0.05, 0.1) is 22.5 Å². The third-order valence-corrected chi connectivity index (χ3v) is 5.41. The fourth-order valence-corrected chi connectivity index (χ4v) is 3.88. The van der Waals surface area contributed by atoms with Crippen LogP contribution in [-0.4, -0.2) is 27.4 Å². The van der Waals surface area contributed by atoms with Crippen LogP contribution in [-0.2, 0) is 9.59 Å². The lowest BCUT2D eigenvalue weighted by molar-refractivity contribution is -0.124. The van der Waals surface area contributed by atoms with Crippen molar-refractivity contribution in [3.8, 4) is 0 Å². The number of carbonyl (C=O) groups excluding carboxylic acids is 2. The van der Waals surface area contributed by atoms with Crippen molar-refractivity contribution < 1.29 is 14.0 Å². The number of halogens is 2. The number of benzene rings is 2. The first-order valence-electron chi connectivity index (χ1n) is 9.08. The summed E-state index contributed by atoms with van der Waals surface area (Å²) in [5.74, 6) is -0.401. The average molecular weight is 399 g/mol. The number of anilines is 2. The Labute approximate surface area is 164 Å². The van der Waals surface area contributed by atoms with Crippen molar-refractivity contribution in [1.82, 2.24) is 9.55 Å². The third kappa shape index (κ3) is 2.74. The Balaban J connectivity index is 1.45. The molecule has 0 unspecified atom stereocenters. The number of amides is 2. The van der Waals surface area contributed by atoms with E-state index in [0.717, 1.165) is 23.9 Å². The topological polar surface area (TPSA) is 67.2 Å². The van der Waals surface area contributed by atoms with E-state index in [9.17, 15) is 14.0 Å². The number of rotatable bonds is 4. The Kier molecular flexibility index (Phi) is 3.87. The predicted molar refractivity (Wildman–Crippen MR) is 104 cm³/mol. The predicted octanol–water partition coefficient (Wildman–Crippen LogP) is 3.91. The molecule has 5 rings (SSSR count). The van der Waals surface area contributed by atoms with Crippen LogP contribution in [0.5, 0.6) is 0 Å². The molecule has 142 valence electrons. The molecule has 1 aromatic heterocycles. The minimum atomic E-state index is -0.654. The van der Waals surface area contributed by atoms with Gasteiger partial charge in [-0.15, -0.1) is 0 Å². The monoisotopic (exact) mass is 398 g/mol. The first kappa shape index (κ1) is 17.2. The Morgan fingerprint density at radius 1 is 1.25 bits per heavy atom. The molecule has 1 aliphatic carbocycles. The number of carbonyl (C=O) groups is 2. The van der Waals surface area contributed by atoms with Crippen molar-refractivity contribution in [2.24, 2.45) is 0 Å². The minimum absolute atomic E-state index is 0.0373. The molecule has 28 heavy (non-hydrogen) atoms. The van der Waals surface area contributed by atoms with E-state index in [-0.39, 0.29) is 29.3 Å². The molecule has 1 fully saturated rings. The Morgan fingerprint density at radius 3 is 2.79 bits per heavy atom. The molecule has 1 atom stereocenters. The summed E-state index contributed by atoms with van der Waals surface area (Å²) in [6, 6.07) is 11.1. The van der Waals surface area contributed by atoms with E-state index in [4.69, 9.17) is 11.6 Å². The van der Waals surface area contributed by atoms with Gasteiger partial charge in [0.1, 0.15) is 11.9 Å². The highest BCUT2D eigenvalue weighted by Gasteiger charge is 2.47. The number of hydrogen-bond donors (Lipinski definition) is 1. The zero-order valence-corrected chi connectivity index (χ0v) is 15.5. The quantitative estimate of drug-likeness (QED) is 0.724. The molecule has 0 spiro atoms. The van der Waals surface area contributed by atoms with Crippen LogP contribution in [0, 0.1) is 5.82 Å². The van der Waals surface area contributed by atoms with E-state index in [2.05, 4.69) is 10.3 Å². The van der Waals surface area contributed by atoms with Crippen LogP contribution in [0.2, 0.25) is 5.02 Å². The second-order valence-electron chi connectivity index (χ2n) is 7.11. The number of para-hydroxylation sites is 2. The van der Waals surface area contributed by atoms with Crippen molar-refractivity contribution in [3.63, 3.8) is 0 Å². The molecule has 2 heterocycles. The maximum atomic E-state index is 13.3. The van der Waals surface area contributed by atoms with E-state index in [1.54, 1.807) is 4.90 Å². The Morgan fingerprint density at radius 2 is 2.04 bits per heavy atom. The lowest BCUT2D eigenvalue weighted by Crippen LogP contribution is -2.33. The summed E-state index contributed by atoms with van der Waals surface area (Å²) >= 11 is 5.77. The SMILES string of the molecule is O=C(C[C@H]1C(=O)N(C2CC2)c2nc3ccccc3n21)Nc1ccc(F)c(Cl)c1. The minimum Gasteiger partial charge on any atom is -0.326 e. The molecule has 6 nitrogen and oxygen atoms in total. The molecule has 1 aliphatic heterocycles. The van der Waals surface area contributed by atoms with Gasteiger partial charge in [0.15, 0.2) is 0 Å². The smallest absolute Gasteiger partial charge is 0.253 e. The molecule has 1 N–H and O–H groups in total. The van der Waals surface area contributed by atoms with Crippen molar-refractivity contribution in [1.29, 1.82) is 0 Å². The highest BCUT2D eigenvalue weighted by molar-refractivity contribution is 6.31. The number of nitrogens with one attached hydrogen (secondary N) is 1.